The van der Waals surface area contributed by atoms with Crippen LogP contribution in [-0.4, -0.2) is 51.3 Å². The fraction of sp³-hybridized carbons (Fsp3) is 0.429. The second-order valence-corrected chi connectivity index (χ2v) is 6.11. The minimum atomic E-state index is -0.00420. The SMILES string of the molecule is CCc1nsc(N2CCN(C(=O)c3ccnc(Cl)c3)CC2)n1. The van der Waals surface area contributed by atoms with Crippen molar-refractivity contribution in [2.24, 2.45) is 0 Å². The van der Waals surface area contributed by atoms with Crippen molar-refractivity contribution in [1.29, 1.82) is 0 Å². The van der Waals surface area contributed by atoms with E-state index in [1.54, 1.807) is 18.3 Å². The number of carbonyl (C=O) groups is 1. The van der Waals surface area contributed by atoms with Crippen LogP contribution in [-0.2, 0) is 6.42 Å². The average molecular weight is 338 g/mol. The lowest BCUT2D eigenvalue weighted by Crippen LogP contribution is -2.48. The van der Waals surface area contributed by atoms with Crippen LogP contribution in [0.3, 0.4) is 0 Å². The third-order valence-corrected chi connectivity index (χ3v) is 4.61. The highest BCUT2D eigenvalue weighted by molar-refractivity contribution is 7.09. The van der Waals surface area contributed by atoms with Crippen molar-refractivity contribution in [3.05, 3.63) is 34.9 Å². The van der Waals surface area contributed by atoms with Crippen molar-refractivity contribution in [2.75, 3.05) is 31.1 Å². The second kappa shape index (κ2) is 6.58. The van der Waals surface area contributed by atoms with Crippen molar-refractivity contribution in [3.63, 3.8) is 0 Å². The first-order valence-electron chi connectivity index (χ1n) is 7.15. The van der Waals surface area contributed by atoms with Crippen molar-refractivity contribution >= 4 is 34.2 Å². The van der Waals surface area contributed by atoms with Crippen LogP contribution in [0.2, 0.25) is 5.15 Å². The predicted octanol–water partition coefficient (Wildman–Crippen LogP) is 2.11. The molecule has 0 aromatic carbocycles. The molecule has 116 valence electrons. The molecule has 0 unspecified atom stereocenters. The summed E-state index contributed by atoms with van der Waals surface area (Å²) in [7, 11) is 0. The highest BCUT2D eigenvalue weighted by atomic mass is 35.5. The van der Waals surface area contributed by atoms with E-state index >= 15 is 0 Å². The first kappa shape index (κ1) is 15.2. The molecule has 22 heavy (non-hydrogen) atoms. The maximum absolute atomic E-state index is 12.4. The number of nitrogens with zero attached hydrogens (tertiary/aromatic N) is 5. The van der Waals surface area contributed by atoms with Gasteiger partial charge in [-0.1, -0.05) is 18.5 Å². The van der Waals surface area contributed by atoms with E-state index in [2.05, 4.69) is 19.2 Å². The normalized spacial score (nSPS) is 15.2. The molecule has 2 aromatic heterocycles. The maximum Gasteiger partial charge on any atom is 0.254 e. The zero-order valence-corrected chi connectivity index (χ0v) is 13.8. The summed E-state index contributed by atoms with van der Waals surface area (Å²) in [6.45, 7) is 4.91. The van der Waals surface area contributed by atoms with Gasteiger partial charge in [0.25, 0.3) is 5.91 Å². The van der Waals surface area contributed by atoms with E-state index in [0.717, 1.165) is 30.5 Å². The highest BCUT2D eigenvalue weighted by Gasteiger charge is 2.24. The lowest BCUT2D eigenvalue weighted by Gasteiger charge is -2.34. The Kier molecular flexibility index (Phi) is 4.54. The zero-order chi connectivity index (χ0) is 15.5. The summed E-state index contributed by atoms with van der Waals surface area (Å²) in [6, 6.07) is 3.30. The number of halogens is 1. The molecule has 1 saturated heterocycles. The summed E-state index contributed by atoms with van der Waals surface area (Å²) >= 11 is 7.27. The zero-order valence-electron chi connectivity index (χ0n) is 12.2. The molecule has 1 amide bonds. The minimum absolute atomic E-state index is 0.00420. The van der Waals surface area contributed by atoms with E-state index in [0.29, 0.717) is 23.8 Å². The summed E-state index contributed by atoms with van der Waals surface area (Å²) in [5.74, 6) is 0.875. The maximum atomic E-state index is 12.4. The molecule has 0 aliphatic carbocycles. The predicted molar refractivity (Wildman–Crippen MR) is 86.7 cm³/mol. The highest BCUT2D eigenvalue weighted by Crippen LogP contribution is 2.20. The summed E-state index contributed by atoms with van der Waals surface area (Å²) in [4.78, 5) is 24.9. The molecule has 0 N–H and O–H groups in total. The molecule has 0 atom stereocenters. The first-order chi connectivity index (χ1) is 10.7. The van der Waals surface area contributed by atoms with Crippen molar-refractivity contribution < 1.29 is 4.79 Å². The van der Waals surface area contributed by atoms with Gasteiger partial charge < -0.3 is 9.80 Å². The van der Waals surface area contributed by atoms with Crippen LogP contribution in [0.25, 0.3) is 0 Å². The lowest BCUT2D eigenvalue weighted by atomic mass is 10.2. The Morgan fingerprint density at radius 2 is 2.14 bits per heavy atom. The molecule has 0 radical (unpaired) electrons. The largest absolute Gasteiger partial charge is 0.343 e. The number of carbonyl (C=O) groups excluding carboxylic acids is 1. The monoisotopic (exact) mass is 337 g/mol. The molecule has 3 rings (SSSR count). The molecule has 1 fully saturated rings. The van der Waals surface area contributed by atoms with Crippen LogP contribution in [0, 0.1) is 0 Å². The Hall–Kier alpha value is -1.73. The standard InChI is InChI=1S/C14H16ClN5OS/c1-2-12-17-14(22-18-12)20-7-5-19(6-8-20)13(21)10-3-4-16-11(15)9-10/h3-4,9H,2,5-8H2,1H3. The van der Waals surface area contributed by atoms with Crippen molar-refractivity contribution in [2.45, 2.75) is 13.3 Å². The molecule has 0 saturated carbocycles. The number of rotatable bonds is 3. The van der Waals surface area contributed by atoms with E-state index in [1.807, 2.05) is 11.8 Å². The van der Waals surface area contributed by atoms with E-state index in [1.165, 1.54) is 11.5 Å². The topological polar surface area (TPSA) is 62.2 Å². The minimum Gasteiger partial charge on any atom is -0.343 e. The van der Waals surface area contributed by atoms with Crippen LogP contribution in [0.5, 0.6) is 0 Å². The van der Waals surface area contributed by atoms with Gasteiger partial charge in [-0.25, -0.2) is 9.97 Å². The van der Waals surface area contributed by atoms with Gasteiger partial charge in [0.2, 0.25) is 5.13 Å². The van der Waals surface area contributed by atoms with Crippen molar-refractivity contribution in [3.8, 4) is 0 Å². The number of amides is 1. The van der Waals surface area contributed by atoms with Gasteiger partial charge in [-0.05, 0) is 12.1 Å². The summed E-state index contributed by atoms with van der Waals surface area (Å²) in [5.41, 5.74) is 0.581. The van der Waals surface area contributed by atoms with Crippen LogP contribution in [0.15, 0.2) is 18.3 Å². The van der Waals surface area contributed by atoms with E-state index in [-0.39, 0.29) is 5.91 Å². The number of aromatic nitrogens is 3. The molecule has 8 heteroatoms. The van der Waals surface area contributed by atoms with Crippen LogP contribution < -0.4 is 4.90 Å². The van der Waals surface area contributed by atoms with Gasteiger partial charge >= 0.3 is 0 Å². The third-order valence-electron chi connectivity index (χ3n) is 3.58. The average Bonchev–Trinajstić information content (AvgIpc) is 3.03. The quantitative estimate of drug-likeness (QED) is 0.803. The molecule has 3 heterocycles. The fourth-order valence-corrected chi connectivity index (χ4v) is 3.31. The second-order valence-electron chi connectivity index (χ2n) is 4.99. The Balaban J connectivity index is 1.62. The molecular formula is C14H16ClN5OS. The molecule has 6 nitrogen and oxygen atoms in total. The Bertz CT molecular complexity index is 669. The number of hydrogen-bond donors (Lipinski definition) is 0. The number of aryl methyl sites for hydroxylation is 1. The van der Waals surface area contributed by atoms with Gasteiger partial charge in [0, 0.05) is 55.9 Å². The molecular weight excluding hydrogens is 322 g/mol. The number of anilines is 1. The van der Waals surface area contributed by atoms with Crippen LogP contribution in [0.4, 0.5) is 5.13 Å². The summed E-state index contributed by atoms with van der Waals surface area (Å²) in [6.07, 6.45) is 2.40. The van der Waals surface area contributed by atoms with Gasteiger partial charge in [-0.15, -0.1) is 0 Å². The van der Waals surface area contributed by atoms with Gasteiger partial charge in [-0.3, -0.25) is 4.79 Å². The van der Waals surface area contributed by atoms with Crippen LogP contribution >= 0.6 is 23.1 Å². The summed E-state index contributed by atoms with van der Waals surface area (Å²) < 4.78 is 4.31. The molecule has 1 aliphatic rings. The Morgan fingerprint density at radius 1 is 1.36 bits per heavy atom. The van der Waals surface area contributed by atoms with Gasteiger partial charge in [0.15, 0.2) is 0 Å². The van der Waals surface area contributed by atoms with E-state index < -0.39 is 0 Å². The molecule has 0 bridgehead atoms. The van der Waals surface area contributed by atoms with Gasteiger partial charge in [0.05, 0.1) is 0 Å². The van der Waals surface area contributed by atoms with Gasteiger partial charge in [-0.2, -0.15) is 4.37 Å². The Morgan fingerprint density at radius 3 is 2.77 bits per heavy atom. The molecule has 2 aromatic rings. The van der Waals surface area contributed by atoms with Gasteiger partial charge in [0.1, 0.15) is 11.0 Å². The van der Waals surface area contributed by atoms with Crippen LogP contribution in [0.1, 0.15) is 23.1 Å². The number of hydrogen-bond acceptors (Lipinski definition) is 6. The molecule has 0 spiro atoms. The number of piperazine rings is 1. The smallest absolute Gasteiger partial charge is 0.254 e. The van der Waals surface area contributed by atoms with E-state index in [9.17, 15) is 4.79 Å². The molecule has 1 aliphatic heterocycles. The lowest BCUT2D eigenvalue weighted by molar-refractivity contribution is 0.0746. The summed E-state index contributed by atoms with van der Waals surface area (Å²) in [5, 5.41) is 1.28. The first-order valence-corrected chi connectivity index (χ1v) is 8.31. The van der Waals surface area contributed by atoms with Crippen molar-refractivity contribution in [1.82, 2.24) is 19.2 Å². The fourth-order valence-electron chi connectivity index (χ4n) is 2.34. The Labute approximate surface area is 137 Å². The number of pyridine rings is 1. The third kappa shape index (κ3) is 3.20. The van der Waals surface area contributed by atoms with E-state index in [4.69, 9.17) is 11.6 Å².